The Hall–Kier alpha value is -2.69. The number of benzene rings is 2. The number of fused-ring (bicyclic) bond motifs is 1. The van der Waals surface area contributed by atoms with Gasteiger partial charge in [0.25, 0.3) is 0 Å². The Morgan fingerprint density at radius 1 is 1.08 bits per heavy atom. The van der Waals surface area contributed by atoms with Crippen LogP contribution in [-0.4, -0.2) is 6.04 Å². The summed E-state index contributed by atoms with van der Waals surface area (Å²) in [5.41, 5.74) is 2.06. The predicted molar refractivity (Wildman–Crippen MR) is 94.5 cm³/mol. The van der Waals surface area contributed by atoms with Gasteiger partial charge in [-0.2, -0.15) is 0 Å². The Balaban J connectivity index is 1.86. The number of halogens is 3. The predicted octanol–water partition coefficient (Wildman–Crippen LogP) is 5.67. The quantitative estimate of drug-likeness (QED) is 0.774. The normalized spacial score (nSPS) is 16.2. The lowest BCUT2D eigenvalue weighted by Crippen LogP contribution is -2.24. The largest absolute Gasteiger partial charge is 0.350 e. The molecule has 0 spiro atoms. The minimum atomic E-state index is -0.775. The van der Waals surface area contributed by atoms with Crippen molar-refractivity contribution in [3.05, 3.63) is 71.7 Å². The molecule has 1 saturated carbocycles. The molecule has 2 aromatic carbocycles. The zero-order chi connectivity index (χ0) is 17.7. The molecule has 1 aliphatic heterocycles. The second-order valence-corrected chi connectivity index (χ2v) is 6.53. The lowest BCUT2D eigenvalue weighted by molar-refractivity contribution is 0.582. The second-order valence-electron chi connectivity index (χ2n) is 6.53. The van der Waals surface area contributed by atoms with Gasteiger partial charge in [-0.05, 0) is 49.1 Å². The number of allylic oxidation sites excluding steroid dienone is 2. The van der Waals surface area contributed by atoms with E-state index < -0.39 is 17.5 Å². The molecule has 0 bridgehead atoms. The van der Waals surface area contributed by atoms with Gasteiger partial charge >= 0.3 is 0 Å². The topological polar surface area (TPSA) is 15.3 Å². The third kappa shape index (κ3) is 2.69. The number of nitrogens with zero attached hydrogens (tertiary/aromatic N) is 1. The molecule has 25 heavy (non-hydrogen) atoms. The first-order valence-electron chi connectivity index (χ1n) is 8.16. The highest BCUT2D eigenvalue weighted by Crippen LogP contribution is 2.45. The van der Waals surface area contributed by atoms with Gasteiger partial charge in [-0.25, -0.2) is 13.2 Å². The number of hydrogen-bond acceptors (Lipinski definition) is 2. The summed E-state index contributed by atoms with van der Waals surface area (Å²) in [4.78, 5) is 1.81. The Morgan fingerprint density at radius 3 is 2.52 bits per heavy atom. The first-order valence-corrected chi connectivity index (χ1v) is 8.16. The van der Waals surface area contributed by atoms with Crippen LogP contribution in [0.4, 0.5) is 30.2 Å². The Kier molecular flexibility index (Phi) is 3.60. The van der Waals surface area contributed by atoms with E-state index in [1.165, 1.54) is 6.07 Å². The average Bonchev–Trinajstić information content (AvgIpc) is 3.38. The van der Waals surface area contributed by atoms with Crippen molar-refractivity contribution in [2.75, 3.05) is 10.2 Å². The van der Waals surface area contributed by atoms with E-state index in [1.54, 1.807) is 31.3 Å². The molecule has 0 aromatic heterocycles. The lowest BCUT2D eigenvalue weighted by Gasteiger charge is -2.30. The molecule has 2 nitrogen and oxygen atoms in total. The van der Waals surface area contributed by atoms with E-state index >= 15 is 0 Å². The van der Waals surface area contributed by atoms with Gasteiger partial charge < -0.3 is 10.2 Å². The molecule has 1 aliphatic carbocycles. The zero-order valence-electron chi connectivity index (χ0n) is 13.7. The van der Waals surface area contributed by atoms with Crippen molar-refractivity contribution < 1.29 is 13.2 Å². The highest BCUT2D eigenvalue weighted by molar-refractivity contribution is 5.93. The van der Waals surface area contributed by atoms with Gasteiger partial charge in [0.05, 0.1) is 17.1 Å². The summed E-state index contributed by atoms with van der Waals surface area (Å²) in [6.45, 7) is 5.68. The Labute approximate surface area is 144 Å². The van der Waals surface area contributed by atoms with E-state index in [0.29, 0.717) is 16.8 Å². The molecule has 0 atom stereocenters. The molecule has 2 aromatic rings. The molecule has 5 heteroatoms. The van der Waals surface area contributed by atoms with Crippen LogP contribution in [0.3, 0.4) is 0 Å². The SMILES string of the molecule is C=C1C=CN(C2CC2)c2c(F)cc(F)c(Nc3ccc(C)cc3F)c21. The summed E-state index contributed by atoms with van der Waals surface area (Å²) >= 11 is 0. The fourth-order valence-electron chi connectivity index (χ4n) is 3.14. The van der Waals surface area contributed by atoms with Crippen LogP contribution < -0.4 is 10.2 Å². The third-order valence-corrected chi connectivity index (χ3v) is 4.55. The van der Waals surface area contributed by atoms with Crippen LogP contribution in [0.2, 0.25) is 0 Å². The van der Waals surface area contributed by atoms with Gasteiger partial charge in [0.2, 0.25) is 0 Å². The van der Waals surface area contributed by atoms with E-state index in [4.69, 9.17) is 0 Å². The van der Waals surface area contributed by atoms with Crippen molar-refractivity contribution in [3.8, 4) is 0 Å². The fourth-order valence-corrected chi connectivity index (χ4v) is 3.14. The van der Waals surface area contributed by atoms with Crippen LogP contribution in [0.15, 0.2) is 43.1 Å². The van der Waals surface area contributed by atoms with Crippen molar-refractivity contribution in [3.63, 3.8) is 0 Å². The molecule has 1 N–H and O–H groups in total. The van der Waals surface area contributed by atoms with Gasteiger partial charge in [-0.15, -0.1) is 0 Å². The lowest BCUT2D eigenvalue weighted by atomic mass is 9.97. The van der Waals surface area contributed by atoms with Crippen LogP contribution in [-0.2, 0) is 0 Å². The third-order valence-electron chi connectivity index (χ3n) is 4.55. The minimum absolute atomic E-state index is 0.0409. The minimum Gasteiger partial charge on any atom is -0.350 e. The van der Waals surface area contributed by atoms with Crippen LogP contribution in [0.1, 0.15) is 24.0 Å². The van der Waals surface area contributed by atoms with Gasteiger partial charge in [0, 0.05) is 23.9 Å². The van der Waals surface area contributed by atoms with Crippen LogP contribution in [0.5, 0.6) is 0 Å². The van der Waals surface area contributed by atoms with Crippen LogP contribution >= 0.6 is 0 Å². The molecule has 2 aliphatic rings. The highest BCUT2D eigenvalue weighted by Gasteiger charge is 2.35. The number of hydrogen-bond donors (Lipinski definition) is 1. The highest BCUT2D eigenvalue weighted by atomic mass is 19.1. The Morgan fingerprint density at radius 2 is 1.84 bits per heavy atom. The molecule has 0 amide bonds. The molecule has 0 unspecified atom stereocenters. The van der Waals surface area contributed by atoms with Crippen molar-refractivity contribution in [2.24, 2.45) is 0 Å². The van der Waals surface area contributed by atoms with Crippen LogP contribution in [0, 0.1) is 24.4 Å². The summed E-state index contributed by atoms with van der Waals surface area (Å²) in [6, 6.07) is 5.69. The maximum absolute atomic E-state index is 14.5. The number of rotatable bonds is 3. The summed E-state index contributed by atoms with van der Waals surface area (Å²) in [7, 11) is 0. The number of anilines is 3. The van der Waals surface area contributed by atoms with Crippen molar-refractivity contribution in [1.82, 2.24) is 0 Å². The summed E-state index contributed by atoms with van der Waals surface area (Å²) < 4.78 is 43.3. The van der Waals surface area contributed by atoms with Crippen molar-refractivity contribution in [1.29, 1.82) is 0 Å². The molecule has 4 rings (SSSR count). The number of aryl methyl sites for hydroxylation is 1. The van der Waals surface area contributed by atoms with Gasteiger partial charge in [0.15, 0.2) is 5.82 Å². The van der Waals surface area contributed by atoms with Crippen molar-refractivity contribution >= 4 is 22.6 Å². The maximum atomic E-state index is 14.5. The molecule has 0 saturated heterocycles. The first kappa shape index (κ1) is 15.8. The van der Waals surface area contributed by atoms with Gasteiger partial charge in [0.1, 0.15) is 11.6 Å². The van der Waals surface area contributed by atoms with E-state index in [1.807, 2.05) is 4.90 Å². The van der Waals surface area contributed by atoms with E-state index in [2.05, 4.69) is 11.9 Å². The second kappa shape index (κ2) is 5.69. The monoisotopic (exact) mass is 342 g/mol. The Bertz CT molecular complexity index is 914. The average molecular weight is 342 g/mol. The summed E-state index contributed by atoms with van der Waals surface area (Å²) in [6.07, 6.45) is 5.43. The van der Waals surface area contributed by atoms with Crippen molar-refractivity contribution in [2.45, 2.75) is 25.8 Å². The van der Waals surface area contributed by atoms with E-state index in [-0.39, 0.29) is 17.4 Å². The molecule has 1 heterocycles. The van der Waals surface area contributed by atoms with Gasteiger partial charge in [-0.1, -0.05) is 12.6 Å². The molecular weight excluding hydrogens is 325 g/mol. The number of nitrogens with one attached hydrogen (secondary N) is 1. The fraction of sp³-hybridized carbons (Fsp3) is 0.200. The first-order chi connectivity index (χ1) is 12.0. The van der Waals surface area contributed by atoms with Crippen LogP contribution in [0.25, 0.3) is 5.57 Å². The maximum Gasteiger partial charge on any atom is 0.150 e. The molecule has 1 fully saturated rings. The molecule has 0 radical (unpaired) electrons. The van der Waals surface area contributed by atoms with E-state index in [0.717, 1.165) is 24.5 Å². The van der Waals surface area contributed by atoms with Gasteiger partial charge in [-0.3, -0.25) is 0 Å². The summed E-state index contributed by atoms with van der Waals surface area (Å²) in [5.74, 6) is -1.91. The zero-order valence-corrected chi connectivity index (χ0v) is 13.7. The van der Waals surface area contributed by atoms with E-state index in [9.17, 15) is 13.2 Å². The standard InChI is InChI=1S/C20H17F3N2/c1-11-3-6-17(14(21)9-11)24-19-15(22)10-16(23)20-18(19)12(2)7-8-25(20)13-4-5-13/h3,6-10,13,24H,2,4-5H2,1H3. The smallest absolute Gasteiger partial charge is 0.150 e. The summed E-state index contributed by atoms with van der Waals surface area (Å²) in [5, 5.41) is 2.80. The molecular formula is C20H17F3N2. The molecule has 128 valence electrons.